The van der Waals surface area contributed by atoms with Crippen molar-refractivity contribution in [2.45, 2.75) is 32.1 Å². The zero-order valence-corrected chi connectivity index (χ0v) is 14.6. The van der Waals surface area contributed by atoms with Crippen molar-refractivity contribution in [2.75, 3.05) is 39.8 Å². The smallest absolute Gasteiger partial charge is 0.264 e. The van der Waals surface area contributed by atoms with Crippen LogP contribution in [0.2, 0.25) is 0 Å². The first-order chi connectivity index (χ1) is 11.1. The molecule has 2 heterocycles. The van der Waals surface area contributed by atoms with Crippen molar-refractivity contribution in [1.82, 2.24) is 15.1 Å². The van der Waals surface area contributed by atoms with Gasteiger partial charge in [-0.25, -0.2) is 0 Å². The average molecular weight is 335 g/mol. The molecule has 1 aliphatic carbocycles. The van der Waals surface area contributed by atoms with Gasteiger partial charge in [0.05, 0.1) is 11.4 Å². The minimum atomic E-state index is -0.0217. The Morgan fingerprint density at radius 2 is 1.96 bits per heavy atom. The summed E-state index contributed by atoms with van der Waals surface area (Å²) in [5.74, 6) is 0.0204. The van der Waals surface area contributed by atoms with Crippen LogP contribution in [-0.4, -0.2) is 61.4 Å². The van der Waals surface area contributed by atoms with Crippen LogP contribution in [-0.2, 0) is 17.6 Å². The van der Waals surface area contributed by atoms with E-state index in [0.717, 1.165) is 43.9 Å². The number of carbonyl (C=O) groups is 2. The Bertz CT molecular complexity index is 555. The van der Waals surface area contributed by atoms with Crippen LogP contribution in [0.4, 0.5) is 0 Å². The molecule has 1 saturated heterocycles. The molecular formula is C17H25N3O2S. The molecular weight excluding hydrogens is 310 g/mol. The van der Waals surface area contributed by atoms with E-state index < -0.39 is 0 Å². The maximum absolute atomic E-state index is 12.6. The first-order valence-electron chi connectivity index (χ1n) is 8.50. The molecule has 0 radical (unpaired) electrons. The third kappa shape index (κ3) is 3.93. The van der Waals surface area contributed by atoms with Gasteiger partial charge in [-0.05, 0) is 37.3 Å². The number of fused-ring (bicyclic) bond motifs is 1. The summed E-state index contributed by atoms with van der Waals surface area (Å²) in [6, 6.07) is 2.06. The normalized spacial score (nSPS) is 18.2. The van der Waals surface area contributed by atoms with Crippen LogP contribution in [0.25, 0.3) is 0 Å². The van der Waals surface area contributed by atoms with Gasteiger partial charge in [-0.15, -0.1) is 11.3 Å². The minimum absolute atomic E-state index is 0.0217. The van der Waals surface area contributed by atoms with E-state index in [1.165, 1.54) is 29.7 Å². The monoisotopic (exact) mass is 335 g/mol. The molecule has 1 N–H and O–H groups in total. The number of aryl methyl sites for hydroxylation is 2. The fraction of sp³-hybridized carbons (Fsp3) is 0.647. The Labute approximate surface area is 141 Å². The number of thiophene rings is 1. The van der Waals surface area contributed by atoms with Crippen LogP contribution in [0, 0.1) is 0 Å². The van der Waals surface area contributed by atoms with Gasteiger partial charge in [-0.3, -0.25) is 9.59 Å². The third-order valence-electron chi connectivity index (χ3n) is 4.65. The summed E-state index contributed by atoms with van der Waals surface area (Å²) in [4.78, 5) is 30.5. The third-order valence-corrected chi connectivity index (χ3v) is 5.87. The van der Waals surface area contributed by atoms with Gasteiger partial charge in [-0.2, -0.15) is 0 Å². The zero-order chi connectivity index (χ0) is 16.2. The Morgan fingerprint density at radius 1 is 1.22 bits per heavy atom. The van der Waals surface area contributed by atoms with Crippen molar-refractivity contribution < 1.29 is 9.59 Å². The number of amides is 2. The largest absolute Gasteiger partial charge is 0.339 e. The van der Waals surface area contributed by atoms with Crippen LogP contribution in [0.5, 0.6) is 0 Å². The van der Waals surface area contributed by atoms with Crippen LogP contribution < -0.4 is 5.32 Å². The zero-order valence-electron chi connectivity index (χ0n) is 13.8. The summed E-state index contributed by atoms with van der Waals surface area (Å²) in [6.45, 7) is 3.30. The van der Waals surface area contributed by atoms with E-state index in [1.54, 1.807) is 23.3 Å². The molecule has 3 rings (SSSR count). The molecule has 126 valence electrons. The highest BCUT2D eigenvalue weighted by Crippen LogP contribution is 2.29. The number of carbonyl (C=O) groups excluding carboxylic acids is 2. The standard InChI is InChI=1S/C17H25N3O2S/c1-19(12-16(21)20-9-7-18-8-10-20)17(22)15-11-13-5-3-2-4-6-14(13)23-15/h11,18H,2-10,12H2,1H3. The fourth-order valence-corrected chi connectivity index (χ4v) is 4.50. The van der Waals surface area contributed by atoms with Gasteiger partial charge in [0, 0.05) is 38.1 Å². The van der Waals surface area contributed by atoms with Gasteiger partial charge in [0.2, 0.25) is 5.91 Å². The molecule has 1 aromatic rings. The molecule has 2 amide bonds. The van der Waals surface area contributed by atoms with Crippen molar-refractivity contribution in [3.8, 4) is 0 Å². The van der Waals surface area contributed by atoms with Crippen molar-refractivity contribution in [2.24, 2.45) is 0 Å². The lowest BCUT2D eigenvalue weighted by atomic mass is 10.1. The molecule has 1 aromatic heterocycles. The van der Waals surface area contributed by atoms with E-state index in [9.17, 15) is 9.59 Å². The van der Waals surface area contributed by atoms with E-state index >= 15 is 0 Å². The van der Waals surface area contributed by atoms with Crippen molar-refractivity contribution in [3.05, 3.63) is 21.4 Å². The Hall–Kier alpha value is -1.40. The Morgan fingerprint density at radius 3 is 2.74 bits per heavy atom. The first kappa shape index (κ1) is 16.5. The first-order valence-corrected chi connectivity index (χ1v) is 9.32. The highest BCUT2D eigenvalue weighted by Gasteiger charge is 2.23. The quantitative estimate of drug-likeness (QED) is 0.852. The summed E-state index contributed by atoms with van der Waals surface area (Å²) < 4.78 is 0. The van der Waals surface area contributed by atoms with Crippen LogP contribution >= 0.6 is 11.3 Å². The van der Waals surface area contributed by atoms with E-state index in [1.807, 2.05) is 4.90 Å². The molecule has 0 atom stereocenters. The Kier molecular flexibility index (Phi) is 5.33. The van der Waals surface area contributed by atoms with Crippen LogP contribution in [0.3, 0.4) is 0 Å². The number of nitrogens with zero attached hydrogens (tertiary/aromatic N) is 2. The lowest BCUT2D eigenvalue weighted by Gasteiger charge is -2.29. The summed E-state index contributed by atoms with van der Waals surface area (Å²) in [6.07, 6.45) is 5.90. The van der Waals surface area contributed by atoms with Crippen molar-refractivity contribution in [1.29, 1.82) is 0 Å². The molecule has 6 heteroatoms. The summed E-state index contributed by atoms with van der Waals surface area (Å²) in [7, 11) is 1.73. The predicted molar refractivity (Wildman–Crippen MR) is 92.0 cm³/mol. The van der Waals surface area contributed by atoms with E-state index in [2.05, 4.69) is 11.4 Å². The molecule has 1 fully saturated rings. The molecule has 0 bridgehead atoms. The molecule has 5 nitrogen and oxygen atoms in total. The maximum Gasteiger partial charge on any atom is 0.264 e. The number of nitrogens with one attached hydrogen (secondary N) is 1. The van der Waals surface area contributed by atoms with Crippen molar-refractivity contribution >= 4 is 23.2 Å². The minimum Gasteiger partial charge on any atom is -0.339 e. The highest BCUT2D eigenvalue weighted by atomic mass is 32.1. The average Bonchev–Trinajstić information content (AvgIpc) is 2.85. The highest BCUT2D eigenvalue weighted by molar-refractivity contribution is 7.14. The Balaban J connectivity index is 1.61. The van der Waals surface area contributed by atoms with Crippen LogP contribution in [0.15, 0.2) is 6.07 Å². The second-order valence-electron chi connectivity index (χ2n) is 6.41. The van der Waals surface area contributed by atoms with Gasteiger partial charge in [0.1, 0.15) is 0 Å². The number of piperazine rings is 1. The summed E-state index contributed by atoms with van der Waals surface area (Å²) >= 11 is 1.62. The number of hydrogen-bond donors (Lipinski definition) is 1. The molecule has 23 heavy (non-hydrogen) atoms. The van der Waals surface area contributed by atoms with Gasteiger partial charge >= 0.3 is 0 Å². The number of likely N-dealkylation sites (N-methyl/N-ethyl adjacent to an activating group) is 1. The van der Waals surface area contributed by atoms with Gasteiger partial charge in [0.25, 0.3) is 5.91 Å². The maximum atomic E-state index is 12.6. The number of hydrogen-bond acceptors (Lipinski definition) is 4. The van der Waals surface area contributed by atoms with Crippen LogP contribution in [0.1, 0.15) is 39.4 Å². The van der Waals surface area contributed by atoms with Crippen molar-refractivity contribution in [3.63, 3.8) is 0 Å². The summed E-state index contributed by atoms with van der Waals surface area (Å²) in [5.41, 5.74) is 1.35. The van der Waals surface area contributed by atoms with E-state index in [0.29, 0.717) is 0 Å². The second-order valence-corrected chi connectivity index (χ2v) is 7.55. The van der Waals surface area contributed by atoms with Gasteiger partial charge in [0.15, 0.2) is 0 Å². The van der Waals surface area contributed by atoms with Gasteiger partial charge < -0.3 is 15.1 Å². The van der Waals surface area contributed by atoms with Gasteiger partial charge in [-0.1, -0.05) is 6.42 Å². The van der Waals surface area contributed by atoms with E-state index in [4.69, 9.17) is 0 Å². The molecule has 0 saturated carbocycles. The van der Waals surface area contributed by atoms with E-state index in [-0.39, 0.29) is 18.4 Å². The second kappa shape index (κ2) is 7.45. The topological polar surface area (TPSA) is 52.7 Å². The molecule has 1 aliphatic heterocycles. The lowest BCUT2D eigenvalue weighted by Crippen LogP contribution is -2.49. The molecule has 2 aliphatic rings. The predicted octanol–water partition coefficient (Wildman–Crippen LogP) is 1.52. The molecule has 0 spiro atoms. The SMILES string of the molecule is CN(CC(=O)N1CCNCC1)C(=O)c1cc2c(s1)CCCCC2. The number of rotatable bonds is 3. The lowest BCUT2D eigenvalue weighted by molar-refractivity contribution is -0.132. The fourth-order valence-electron chi connectivity index (χ4n) is 3.25. The molecule has 0 aromatic carbocycles. The summed E-state index contributed by atoms with van der Waals surface area (Å²) in [5, 5.41) is 3.23. The molecule has 0 unspecified atom stereocenters.